The predicted octanol–water partition coefficient (Wildman–Crippen LogP) is 1.06. The minimum Gasteiger partial charge on any atom is -0.477 e. The number of hydrogen-bond acceptors (Lipinski definition) is 3. The molecule has 0 bridgehead atoms. The molecule has 0 unspecified atom stereocenters. The van der Waals surface area contributed by atoms with Crippen molar-refractivity contribution >= 4 is 22.1 Å². The summed E-state index contributed by atoms with van der Waals surface area (Å²) in [6.07, 6.45) is 1.34. The van der Waals surface area contributed by atoms with Crippen molar-refractivity contribution in [3.05, 3.63) is 39.6 Å². The van der Waals surface area contributed by atoms with Crippen molar-refractivity contribution in [2.24, 2.45) is 0 Å². The largest absolute Gasteiger partial charge is 0.477 e. The molecule has 0 aliphatic rings. The molecule has 0 aromatic carbocycles. The molecule has 13 heavy (non-hydrogen) atoms. The van der Waals surface area contributed by atoms with Crippen LogP contribution in [0.5, 0.6) is 0 Å². The summed E-state index contributed by atoms with van der Waals surface area (Å²) in [6, 6.07) is 4.71. The maximum Gasteiger partial charge on any atom is 0.347 e. The van der Waals surface area contributed by atoms with Crippen LogP contribution in [0, 0.1) is 0 Å². The van der Waals surface area contributed by atoms with E-state index in [1.807, 2.05) is 0 Å². The van der Waals surface area contributed by atoms with E-state index in [-0.39, 0.29) is 10.4 Å². The molecule has 0 saturated heterocycles. The number of pyridine rings is 1. The van der Waals surface area contributed by atoms with Crippen LogP contribution >= 0.6 is 11.3 Å². The third-order valence-corrected chi connectivity index (χ3v) is 2.67. The molecule has 0 atom stereocenters. The third-order valence-electron chi connectivity index (χ3n) is 1.62. The molecule has 0 aliphatic heterocycles. The van der Waals surface area contributed by atoms with E-state index < -0.39 is 5.97 Å². The van der Waals surface area contributed by atoms with Crippen LogP contribution in [0.25, 0.3) is 4.83 Å². The van der Waals surface area contributed by atoms with E-state index in [4.69, 9.17) is 5.11 Å². The van der Waals surface area contributed by atoms with Gasteiger partial charge in [0.2, 0.25) is 0 Å². The summed E-state index contributed by atoms with van der Waals surface area (Å²) in [4.78, 5) is 22.6. The SMILES string of the molecule is O=C(O)c1cn2c(=O)cccc2s1. The van der Waals surface area contributed by atoms with Gasteiger partial charge in [0.15, 0.2) is 0 Å². The number of aromatic nitrogens is 1. The van der Waals surface area contributed by atoms with E-state index in [9.17, 15) is 9.59 Å². The van der Waals surface area contributed by atoms with Gasteiger partial charge in [-0.05, 0) is 6.07 Å². The highest BCUT2D eigenvalue weighted by atomic mass is 32.1. The standard InChI is InChI=1S/C8H5NO3S/c10-6-2-1-3-7-9(6)4-5(13-7)8(11)12/h1-4H,(H,11,12). The highest BCUT2D eigenvalue weighted by Gasteiger charge is 2.08. The molecule has 0 spiro atoms. The molecule has 4 nitrogen and oxygen atoms in total. The highest BCUT2D eigenvalue weighted by molar-refractivity contribution is 7.19. The Labute approximate surface area is 76.7 Å². The lowest BCUT2D eigenvalue weighted by Crippen LogP contribution is -2.08. The van der Waals surface area contributed by atoms with Gasteiger partial charge in [-0.25, -0.2) is 4.79 Å². The summed E-state index contributed by atoms with van der Waals surface area (Å²) < 4.78 is 1.33. The van der Waals surface area contributed by atoms with Gasteiger partial charge in [-0.2, -0.15) is 0 Å². The van der Waals surface area contributed by atoms with Gasteiger partial charge in [-0.3, -0.25) is 9.20 Å². The Morgan fingerprint density at radius 1 is 1.46 bits per heavy atom. The summed E-state index contributed by atoms with van der Waals surface area (Å²) >= 11 is 1.08. The Kier molecular flexibility index (Phi) is 1.66. The van der Waals surface area contributed by atoms with Crippen molar-refractivity contribution in [3.63, 3.8) is 0 Å². The molecule has 2 aromatic rings. The van der Waals surface area contributed by atoms with Crippen LogP contribution in [0.2, 0.25) is 0 Å². The van der Waals surface area contributed by atoms with Crippen LogP contribution in [0.4, 0.5) is 0 Å². The first-order valence-corrected chi connectivity index (χ1v) is 4.34. The van der Waals surface area contributed by atoms with Gasteiger partial charge in [-0.1, -0.05) is 6.07 Å². The fraction of sp³-hybridized carbons (Fsp3) is 0. The number of carbonyl (C=O) groups is 1. The van der Waals surface area contributed by atoms with Crippen LogP contribution in [-0.2, 0) is 0 Å². The normalized spacial score (nSPS) is 10.5. The van der Waals surface area contributed by atoms with Crippen molar-refractivity contribution in [1.29, 1.82) is 0 Å². The van der Waals surface area contributed by atoms with E-state index in [1.54, 1.807) is 12.1 Å². The van der Waals surface area contributed by atoms with Crippen molar-refractivity contribution in [1.82, 2.24) is 4.40 Å². The Bertz CT molecular complexity index is 525. The van der Waals surface area contributed by atoms with Crippen LogP contribution in [0.15, 0.2) is 29.2 Å². The summed E-state index contributed by atoms with van der Waals surface area (Å²) in [5, 5.41) is 8.67. The van der Waals surface area contributed by atoms with Crippen LogP contribution in [0.1, 0.15) is 9.67 Å². The minimum absolute atomic E-state index is 0.170. The molecule has 2 aromatic heterocycles. The lowest BCUT2D eigenvalue weighted by atomic mass is 10.5. The second-order valence-corrected chi connectivity index (χ2v) is 3.54. The zero-order valence-electron chi connectivity index (χ0n) is 6.43. The molecular formula is C8H5NO3S. The summed E-state index contributed by atoms with van der Waals surface area (Å²) in [6.45, 7) is 0. The van der Waals surface area contributed by atoms with Crippen molar-refractivity contribution in [3.8, 4) is 0 Å². The van der Waals surface area contributed by atoms with Crippen LogP contribution in [0.3, 0.4) is 0 Å². The average Bonchev–Trinajstić information content (AvgIpc) is 2.49. The van der Waals surface area contributed by atoms with E-state index in [2.05, 4.69) is 0 Å². The Balaban J connectivity index is 2.83. The molecule has 0 amide bonds. The molecule has 0 radical (unpaired) electrons. The Morgan fingerprint density at radius 2 is 2.23 bits per heavy atom. The van der Waals surface area contributed by atoms with E-state index >= 15 is 0 Å². The van der Waals surface area contributed by atoms with Gasteiger partial charge in [0, 0.05) is 12.3 Å². The lowest BCUT2D eigenvalue weighted by Gasteiger charge is -1.86. The molecule has 1 N–H and O–H groups in total. The second kappa shape index (κ2) is 2.70. The number of rotatable bonds is 1. The zero-order chi connectivity index (χ0) is 9.42. The number of nitrogens with zero attached hydrogens (tertiary/aromatic N) is 1. The smallest absolute Gasteiger partial charge is 0.347 e. The number of hydrogen-bond donors (Lipinski definition) is 1. The van der Waals surface area contributed by atoms with Gasteiger partial charge in [0.25, 0.3) is 5.56 Å². The van der Waals surface area contributed by atoms with Gasteiger partial charge < -0.3 is 5.11 Å². The fourth-order valence-corrected chi connectivity index (χ4v) is 1.91. The summed E-state index contributed by atoms with van der Waals surface area (Å²) in [5.41, 5.74) is -0.207. The first-order valence-electron chi connectivity index (χ1n) is 3.53. The fourth-order valence-electron chi connectivity index (χ4n) is 1.05. The molecule has 2 heterocycles. The van der Waals surface area contributed by atoms with Gasteiger partial charge in [0.1, 0.15) is 9.71 Å². The molecule has 0 fully saturated rings. The second-order valence-electron chi connectivity index (χ2n) is 2.47. The first kappa shape index (κ1) is 8.00. The Morgan fingerprint density at radius 3 is 2.85 bits per heavy atom. The van der Waals surface area contributed by atoms with Gasteiger partial charge in [-0.15, -0.1) is 11.3 Å². The van der Waals surface area contributed by atoms with Gasteiger partial charge >= 0.3 is 5.97 Å². The lowest BCUT2D eigenvalue weighted by molar-refractivity contribution is 0.0702. The number of thiazole rings is 1. The molecule has 0 aliphatic carbocycles. The maximum absolute atomic E-state index is 11.2. The highest BCUT2D eigenvalue weighted by Crippen LogP contribution is 2.15. The molecule has 2 rings (SSSR count). The molecule has 0 saturated carbocycles. The van der Waals surface area contributed by atoms with Crippen LogP contribution < -0.4 is 5.56 Å². The summed E-state index contributed by atoms with van der Waals surface area (Å²) in [5.74, 6) is -1.01. The van der Waals surface area contributed by atoms with E-state index in [1.165, 1.54) is 16.7 Å². The number of aromatic carboxylic acids is 1. The molecular weight excluding hydrogens is 190 g/mol. The number of fused-ring (bicyclic) bond motifs is 1. The number of carboxylic acid groups (broad SMARTS) is 1. The van der Waals surface area contributed by atoms with E-state index in [0.717, 1.165) is 11.3 Å². The van der Waals surface area contributed by atoms with Crippen molar-refractivity contribution in [2.75, 3.05) is 0 Å². The average molecular weight is 195 g/mol. The van der Waals surface area contributed by atoms with E-state index in [0.29, 0.717) is 4.83 Å². The summed E-state index contributed by atoms with van der Waals surface area (Å²) in [7, 11) is 0. The van der Waals surface area contributed by atoms with Gasteiger partial charge in [0.05, 0.1) is 0 Å². The number of carboxylic acids is 1. The zero-order valence-corrected chi connectivity index (χ0v) is 7.25. The van der Waals surface area contributed by atoms with Crippen LogP contribution in [-0.4, -0.2) is 15.5 Å². The maximum atomic E-state index is 11.2. The molecule has 5 heteroatoms. The predicted molar refractivity (Wildman–Crippen MR) is 48.5 cm³/mol. The minimum atomic E-state index is -1.01. The van der Waals surface area contributed by atoms with Crippen molar-refractivity contribution < 1.29 is 9.90 Å². The first-order chi connectivity index (χ1) is 6.18. The topological polar surface area (TPSA) is 58.8 Å². The Hall–Kier alpha value is -1.62. The third kappa shape index (κ3) is 1.23. The molecule has 66 valence electrons. The quantitative estimate of drug-likeness (QED) is 0.740. The van der Waals surface area contributed by atoms with Crippen molar-refractivity contribution in [2.45, 2.75) is 0 Å². The monoisotopic (exact) mass is 195 g/mol.